The number of hydrogen-bond donors (Lipinski definition) is 1. The van der Waals surface area contributed by atoms with Gasteiger partial charge in [0.25, 0.3) is 0 Å². The van der Waals surface area contributed by atoms with Crippen LogP contribution in [0.1, 0.15) is 42.6 Å². The second kappa shape index (κ2) is 7.31. The lowest BCUT2D eigenvalue weighted by Crippen LogP contribution is -2.47. The third-order valence-corrected chi connectivity index (χ3v) is 5.70. The van der Waals surface area contributed by atoms with Crippen molar-refractivity contribution in [2.75, 3.05) is 24.5 Å². The standard InChI is InChI=1S/C19H24BrN3O3/c1-4-22(15-5-7-21(8-6-15)13(3)24)18-12(2)17(19(25)26)10-16-9-14(20)11-23(16)18/h9-11,15H,4-8H2,1-3H3,(H,25,26). The molecule has 0 aromatic carbocycles. The maximum atomic E-state index is 11.7. The van der Waals surface area contributed by atoms with Crippen LogP contribution >= 0.6 is 15.9 Å². The van der Waals surface area contributed by atoms with Crippen LogP contribution in [0.4, 0.5) is 5.82 Å². The predicted octanol–water partition coefficient (Wildman–Crippen LogP) is 3.55. The van der Waals surface area contributed by atoms with Gasteiger partial charge in [0.15, 0.2) is 0 Å². The average molecular weight is 422 g/mol. The lowest BCUT2D eigenvalue weighted by molar-refractivity contribution is -0.129. The van der Waals surface area contributed by atoms with Gasteiger partial charge in [0.05, 0.1) is 5.56 Å². The number of likely N-dealkylation sites (tertiary alicyclic amines) is 1. The number of aromatic carboxylic acids is 1. The van der Waals surface area contributed by atoms with Gasteiger partial charge in [-0.05, 0) is 54.8 Å². The number of carbonyl (C=O) groups is 2. The van der Waals surface area contributed by atoms with E-state index in [4.69, 9.17) is 0 Å². The van der Waals surface area contributed by atoms with Crippen LogP contribution in [0.2, 0.25) is 0 Å². The number of carboxylic acid groups (broad SMARTS) is 1. The van der Waals surface area contributed by atoms with Gasteiger partial charge in [-0.3, -0.25) is 4.79 Å². The van der Waals surface area contributed by atoms with Crippen LogP contribution in [0.5, 0.6) is 0 Å². The van der Waals surface area contributed by atoms with Crippen molar-refractivity contribution < 1.29 is 14.7 Å². The minimum atomic E-state index is -0.911. The largest absolute Gasteiger partial charge is 0.478 e. The molecule has 0 spiro atoms. The predicted molar refractivity (Wildman–Crippen MR) is 105 cm³/mol. The molecule has 140 valence electrons. The Bertz CT molecular complexity index is 853. The minimum absolute atomic E-state index is 0.118. The Balaban J connectivity index is 2.05. The zero-order valence-electron chi connectivity index (χ0n) is 15.3. The molecule has 1 aliphatic heterocycles. The highest BCUT2D eigenvalue weighted by Gasteiger charge is 2.28. The van der Waals surface area contributed by atoms with E-state index in [1.165, 1.54) is 0 Å². The molecule has 3 heterocycles. The molecule has 2 aromatic rings. The van der Waals surface area contributed by atoms with Crippen LogP contribution in [0.3, 0.4) is 0 Å². The number of hydrogen-bond acceptors (Lipinski definition) is 3. The monoisotopic (exact) mass is 421 g/mol. The summed E-state index contributed by atoms with van der Waals surface area (Å²) in [4.78, 5) is 27.5. The number of piperidine rings is 1. The number of nitrogens with zero attached hydrogens (tertiary/aromatic N) is 3. The summed E-state index contributed by atoms with van der Waals surface area (Å²) in [5.74, 6) is 0.132. The molecule has 0 aliphatic carbocycles. The number of aromatic nitrogens is 1. The lowest BCUT2D eigenvalue weighted by Gasteiger charge is -2.40. The molecule has 1 saturated heterocycles. The van der Waals surface area contributed by atoms with Crippen LogP contribution < -0.4 is 4.90 Å². The number of carbonyl (C=O) groups excluding carboxylic acids is 1. The fraction of sp³-hybridized carbons (Fsp3) is 0.474. The maximum Gasteiger partial charge on any atom is 0.336 e. The first-order valence-corrected chi connectivity index (χ1v) is 9.69. The summed E-state index contributed by atoms with van der Waals surface area (Å²) in [5, 5.41) is 9.63. The Kier molecular flexibility index (Phi) is 5.27. The smallest absolute Gasteiger partial charge is 0.336 e. The first-order valence-electron chi connectivity index (χ1n) is 8.90. The second-order valence-electron chi connectivity index (χ2n) is 6.79. The Morgan fingerprint density at radius 1 is 1.31 bits per heavy atom. The van der Waals surface area contributed by atoms with Crippen molar-refractivity contribution in [2.45, 2.75) is 39.7 Å². The number of anilines is 1. The van der Waals surface area contributed by atoms with Gasteiger partial charge in [0.2, 0.25) is 5.91 Å². The summed E-state index contributed by atoms with van der Waals surface area (Å²) in [6.45, 7) is 7.84. The van der Waals surface area contributed by atoms with E-state index in [9.17, 15) is 14.7 Å². The Hall–Kier alpha value is -2.02. The summed E-state index contributed by atoms with van der Waals surface area (Å²) in [6.07, 6.45) is 3.75. The molecule has 0 radical (unpaired) electrons. The maximum absolute atomic E-state index is 11.7. The molecule has 0 saturated carbocycles. The molecule has 1 aliphatic rings. The van der Waals surface area contributed by atoms with E-state index in [2.05, 4.69) is 32.2 Å². The van der Waals surface area contributed by atoms with E-state index < -0.39 is 5.97 Å². The number of carboxylic acids is 1. The highest BCUT2D eigenvalue weighted by molar-refractivity contribution is 9.10. The molecule has 1 amide bonds. The fourth-order valence-corrected chi connectivity index (χ4v) is 4.39. The topological polar surface area (TPSA) is 65.3 Å². The summed E-state index contributed by atoms with van der Waals surface area (Å²) >= 11 is 3.50. The van der Waals surface area contributed by atoms with E-state index in [0.29, 0.717) is 5.56 Å². The Labute approximate surface area is 161 Å². The summed E-state index contributed by atoms with van der Waals surface area (Å²) in [6, 6.07) is 3.93. The van der Waals surface area contributed by atoms with Crippen molar-refractivity contribution >= 4 is 39.1 Å². The Morgan fingerprint density at radius 2 is 1.96 bits per heavy atom. The number of halogens is 1. The van der Waals surface area contributed by atoms with Gasteiger partial charge >= 0.3 is 5.97 Å². The van der Waals surface area contributed by atoms with Gasteiger partial charge in [-0.25, -0.2) is 4.79 Å². The van der Waals surface area contributed by atoms with Crippen molar-refractivity contribution in [1.29, 1.82) is 0 Å². The molecule has 1 fully saturated rings. The SMILES string of the molecule is CCN(c1c(C)c(C(=O)O)cc2cc(Br)cn12)C1CCN(C(C)=O)CC1. The molecular formula is C19H24BrN3O3. The van der Waals surface area contributed by atoms with Crippen molar-refractivity contribution in [3.05, 3.63) is 33.9 Å². The highest BCUT2D eigenvalue weighted by Crippen LogP contribution is 2.32. The zero-order valence-corrected chi connectivity index (χ0v) is 16.9. The zero-order chi connectivity index (χ0) is 19.0. The normalized spacial score (nSPS) is 15.5. The molecule has 26 heavy (non-hydrogen) atoms. The van der Waals surface area contributed by atoms with Gasteiger partial charge in [-0.15, -0.1) is 0 Å². The fourth-order valence-electron chi connectivity index (χ4n) is 3.95. The van der Waals surface area contributed by atoms with Gasteiger partial charge in [-0.2, -0.15) is 0 Å². The number of pyridine rings is 1. The molecule has 3 rings (SSSR count). The highest BCUT2D eigenvalue weighted by atomic mass is 79.9. The molecular weight excluding hydrogens is 398 g/mol. The van der Waals surface area contributed by atoms with E-state index >= 15 is 0 Å². The third kappa shape index (κ3) is 3.32. The first kappa shape index (κ1) is 18.8. The van der Waals surface area contributed by atoms with Gasteiger partial charge in [-0.1, -0.05) is 0 Å². The molecule has 2 aromatic heterocycles. The summed E-state index contributed by atoms with van der Waals surface area (Å²) in [5.41, 5.74) is 1.95. The van der Waals surface area contributed by atoms with E-state index in [0.717, 1.165) is 53.8 Å². The third-order valence-electron chi connectivity index (χ3n) is 5.27. The summed E-state index contributed by atoms with van der Waals surface area (Å²) in [7, 11) is 0. The van der Waals surface area contributed by atoms with Gasteiger partial charge < -0.3 is 19.3 Å². The molecule has 1 N–H and O–H groups in total. The van der Waals surface area contributed by atoms with Gasteiger partial charge in [0, 0.05) is 54.3 Å². The average Bonchev–Trinajstić information content (AvgIpc) is 2.97. The molecule has 6 nitrogen and oxygen atoms in total. The van der Waals surface area contributed by atoms with Crippen molar-refractivity contribution in [3.8, 4) is 0 Å². The van der Waals surface area contributed by atoms with Crippen LogP contribution in [0, 0.1) is 6.92 Å². The number of rotatable bonds is 4. The van der Waals surface area contributed by atoms with Gasteiger partial charge in [0.1, 0.15) is 5.82 Å². The van der Waals surface area contributed by atoms with Crippen molar-refractivity contribution in [1.82, 2.24) is 9.30 Å². The molecule has 0 unspecified atom stereocenters. The number of fused-ring (bicyclic) bond motifs is 1. The second-order valence-corrected chi connectivity index (χ2v) is 7.70. The van der Waals surface area contributed by atoms with Crippen molar-refractivity contribution in [3.63, 3.8) is 0 Å². The van der Waals surface area contributed by atoms with E-state index in [-0.39, 0.29) is 11.9 Å². The van der Waals surface area contributed by atoms with Crippen LogP contribution in [0.25, 0.3) is 5.52 Å². The Morgan fingerprint density at radius 3 is 2.50 bits per heavy atom. The number of amides is 1. The van der Waals surface area contributed by atoms with Crippen LogP contribution in [0.15, 0.2) is 22.8 Å². The summed E-state index contributed by atoms with van der Waals surface area (Å²) < 4.78 is 2.98. The minimum Gasteiger partial charge on any atom is -0.478 e. The van der Waals surface area contributed by atoms with Crippen LogP contribution in [-0.4, -0.2) is 52.0 Å². The lowest BCUT2D eigenvalue weighted by atomic mass is 10.0. The molecule has 0 atom stereocenters. The van der Waals surface area contributed by atoms with Crippen LogP contribution in [-0.2, 0) is 4.79 Å². The van der Waals surface area contributed by atoms with E-state index in [1.807, 2.05) is 24.1 Å². The quantitative estimate of drug-likeness (QED) is 0.819. The first-order chi connectivity index (χ1) is 12.3. The molecule has 0 bridgehead atoms. The van der Waals surface area contributed by atoms with Crippen molar-refractivity contribution in [2.24, 2.45) is 0 Å². The van der Waals surface area contributed by atoms with E-state index in [1.54, 1.807) is 13.0 Å². The molecule has 7 heteroatoms.